The summed E-state index contributed by atoms with van der Waals surface area (Å²) in [6.07, 6.45) is 17.1. The van der Waals surface area contributed by atoms with Crippen LogP contribution >= 0.6 is 0 Å². The van der Waals surface area contributed by atoms with E-state index in [9.17, 15) is 15.0 Å². The van der Waals surface area contributed by atoms with E-state index >= 15 is 0 Å². The normalized spacial score (nSPS) is 24.1. The molecule has 4 heteroatoms. The quantitative estimate of drug-likeness (QED) is 0.373. The second-order valence-electron chi connectivity index (χ2n) is 6.82. The Labute approximate surface area is 152 Å². The summed E-state index contributed by atoms with van der Waals surface area (Å²) < 4.78 is 0. The number of carbonyl (C=O) groups is 1. The molecule has 1 aliphatic carbocycles. The minimum Gasteiger partial charge on any atom is -0.394 e. The van der Waals surface area contributed by atoms with Crippen molar-refractivity contribution >= 4 is 5.78 Å². The van der Waals surface area contributed by atoms with Gasteiger partial charge in [-0.25, -0.2) is 0 Å². The highest BCUT2D eigenvalue weighted by Gasteiger charge is 2.31. The van der Waals surface area contributed by atoms with Gasteiger partial charge in [0.25, 0.3) is 0 Å². The van der Waals surface area contributed by atoms with E-state index in [4.69, 9.17) is 5.11 Å². The molecule has 142 valence electrons. The lowest BCUT2D eigenvalue weighted by Gasteiger charge is -2.13. The van der Waals surface area contributed by atoms with Crippen molar-refractivity contribution in [3.8, 4) is 0 Å². The fourth-order valence-electron chi connectivity index (χ4n) is 3.16. The fourth-order valence-corrected chi connectivity index (χ4v) is 3.16. The molecule has 0 aromatic heterocycles. The predicted molar refractivity (Wildman–Crippen MR) is 101 cm³/mol. The summed E-state index contributed by atoms with van der Waals surface area (Å²) in [5.74, 6) is 0.663. The molecule has 1 fully saturated rings. The first-order chi connectivity index (χ1) is 12.1. The Bertz CT molecular complexity index is 453. The van der Waals surface area contributed by atoms with Crippen LogP contribution in [0.5, 0.6) is 0 Å². The number of rotatable bonds is 12. The van der Waals surface area contributed by atoms with Gasteiger partial charge in [-0.2, -0.15) is 0 Å². The molecule has 4 nitrogen and oxygen atoms in total. The zero-order valence-corrected chi connectivity index (χ0v) is 15.4. The molecule has 4 atom stereocenters. The van der Waals surface area contributed by atoms with Gasteiger partial charge in [0.15, 0.2) is 0 Å². The van der Waals surface area contributed by atoms with Crippen molar-refractivity contribution in [1.29, 1.82) is 0 Å². The van der Waals surface area contributed by atoms with Crippen LogP contribution in [0, 0.1) is 11.8 Å². The molecule has 0 radical (unpaired) electrons. The summed E-state index contributed by atoms with van der Waals surface area (Å²) in [7, 11) is 0. The van der Waals surface area contributed by atoms with Crippen molar-refractivity contribution in [2.24, 2.45) is 11.8 Å². The van der Waals surface area contributed by atoms with Crippen LogP contribution in [0.2, 0.25) is 0 Å². The van der Waals surface area contributed by atoms with E-state index in [1.54, 1.807) is 0 Å². The standard InChI is InChI=1S/C21H34O4/c1-2-3-10-18(23)12-8-9-17-14-15-21(25)20(17)13-7-5-4-6-11-19(24)16-22/h3,5,7-10,17-20,22-24H,2,4,6,11-16H2,1H3/t17-,18?,19?,20+/m0/s1. The molecule has 0 spiro atoms. The highest BCUT2D eigenvalue weighted by molar-refractivity contribution is 5.83. The number of allylic oxidation sites excluding steroid dienone is 4. The van der Waals surface area contributed by atoms with Crippen LogP contribution in [0.1, 0.15) is 58.3 Å². The van der Waals surface area contributed by atoms with Gasteiger partial charge in [-0.15, -0.1) is 0 Å². The van der Waals surface area contributed by atoms with Crippen LogP contribution in [-0.2, 0) is 4.79 Å². The maximum atomic E-state index is 12.1. The lowest BCUT2D eigenvalue weighted by molar-refractivity contribution is -0.120. The third kappa shape index (κ3) is 9.15. The fraction of sp³-hybridized carbons (Fsp3) is 0.667. The Morgan fingerprint density at radius 3 is 2.72 bits per heavy atom. The van der Waals surface area contributed by atoms with E-state index < -0.39 is 12.2 Å². The Morgan fingerprint density at radius 1 is 1.20 bits per heavy atom. The SMILES string of the molecule is CCC=CC(O)CC=C[C@H]1CCC(=O)[C@@H]1CC=CCCCC(O)CO. The molecule has 2 unspecified atom stereocenters. The van der Waals surface area contributed by atoms with Crippen LogP contribution in [0.3, 0.4) is 0 Å². The predicted octanol–water partition coefficient (Wildman–Crippen LogP) is 3.32. The van der Waals surface area contributed by atoms with E-state index in [2.05, 4.69) is 18.2 Å². The van der Waals surface area contributed by atoms with Gasteiger partial charge >= 0.3 is 0 Å². The van der Waals surface area contributed by atoms with E-state index in [1.807, 2.05) is 25.2 Å². The largest absolute Gasteiger partial charge is 0.394 e. The van der Waals surface area contributed by atoms with Crippen LogP contribution in [0.15, 0.2) is 36.5 Å². The first-order valence-electron chi connectivity index (χ1n) is 9.56. The smallest absolute Gasteiger partial charge is 0.136 e. The highest BCUT2D eigenvalue weighted by Crippen LogP contribution is 2.32. The summed E-state index contributed by atoms with van der Waals surface area (Å²) in [5, 5.41) is 27.8. The van der Waals surface area contributed by atoms with Crippen molar-refractivity contribution in [2.75, 3.05) is 6.61 Å². The number of carbonyl (C=O) groups excluding carboxylic acids is 1. The lowest BCUT2D eigenvalue weighted by Crippen LogP contribution is -2.12. The van der Waals surface area contributed by atoms with Crippen molar-refractivity contribution in [2.45, 2.75) is 70.5 Å². The van der Waals surface area contributed by atoms with Crippen LogP contribution in [0.4, 0.5) is 0 Å². The van der Waals surface area contributed by atoms with Crippen molar-refractivity contribution < 1.29 is 20.1 Å². The number of hydrogen-bond donors (Lipinski definition) is 3. The van der Waals surface area contributed by atoms with Gasteiger partial charge < -0.3 is 15.3 Å². The number of Topliss-reactive ketones (excluding diaryl/α,β-unsaturated/α-hetero) is 1. The average molecular weight is 350 g/mol. The Balaban J connectivity index is 2.35. The van der Waals surface area contributed by atoms with Crippen molar-refractivity contribution in [1.82, 2.24) is 0 Å². The highest BCUT2D eigenvalue weighted by atomic mass is 16.3. The molecule has 25 heavy (non-hydrogen) atoms. The molecule has 1 saturated carbocycles. The molecular weight excluding hydrogens is 316 g/mol. The average Bonchev–Trinajstić information content (AvgIpc) is 2.95. The number of aliphatic hydroxyl groups excluding tert-OH is 3. The van der Waals surface area contributed by atoms with Gasteiger partial charge in [0, 0.05) is 12.3 Å². The molecule has 3 N–H and O–H groups in total. The van der Waals surface area contributed by atoms with Gasteiger partial charge in [0.1, 0.15) is 5.78 Å². The Kier molecular flexibility index (Phi) is 11.4. The minimum atomic E-state index is -0.623. The third-order valence-electron chi connectivity index (χ3n) is 4.68. The minimum absolute atomic E-state index is 0.0545. The molecular formula is C21H34O4. The Morgan fingerprint density at radius 2 is 2.00 bits per heavy atom. The van der Waals surface area contributed by atoms with Crippen molar-refractivity contribution in [3.63, 3.8) is 0 Å². The second-order valence-corrected chi connectivity index (χ2v) is 6.82. The molecule has 0 heterocycles. The first kappa shape index (κ1) is 21.8. The zero-order valence-electron chi connectivity index (χ0n) is 15.4. The molecule has 1 aliphatic rings. The molecule has 1 rings (SSSR count). The molecule has 0 aromatic carbocycles. The topological polar surface area (TPSA) is 77.8 Å². The summed E-state index contributed by atoms with van der Waals surface area (Å²) in [4.78, 5) is 12.1. The maximum absolute atomic E-state index is 12.1. The van der Waals surface area contributed by atoms with Gasteiger partial charge in [-0.3, -0.25) is 4.79 Å². The maximum Gasteiger partial charge on any atom is 0.136 e. The van der Waals surface area contributed by atoms with E-state index in [-0.39, 0.29) is 18.4 Å². The third-order valence-corrected chi connectivity index (χ3v) is 4.68. The summed E-state index contributed by atoms with van der Waals surface area (Å²) in [6.45, 7) is 1.85. The number of hydrogen-bond acceptors (Lipinski definition) is 4. The van der Waals surface area contributed by atoms with Gasteiger partial charge in [-0.05, 0) is 50.9 Å². The molecule has 0 bridgehead atoms. The van der Waals surface area contributed by atoms with E-state index in [1.165, 1.54) is 0 Å². The molecule has 0 aliphatic heterocycles. The van der Waals surface area contributed by atoms with Crippen LogP contribution in [0.25, 0.3) is 0 Å². The van der Waals surface area contributed by atoms with Gasteiger partial charge in [0.05, 0.1) is 18.8 Å². The summed E-state index contributed by atoms with van der Waals surface area (Å²) >= 11 is 0. The molecule has 0 amide bonds. The monoisotopic (exact) mass is 350 g/mol. The first-order valence-corrected chi connectivity index (χ1v) is 9.56. The lowest BCUT2D eigenvalue weighted by atomic mass is 9.91. The van der Waals surface area contributed by atoms with Gasteiger partial charge in [-0.1, -0.05) is 43.4 Å². The zero-order chi connectivity index (χ0) is 18.5. The number of ketones is 1. The summed E-state index contributed by atoms with van der Waals surface area (Å²) in [6, 6.07) is 0. The second kappa shape index (κ2) is 13.0. The summed E-state index contributed by atoms with van der Waals surface area (Å²) in [5.41, 5.74) is 0. The number of unbranched alkanes of at least 4 members (excludes halogenated alkanes) is 1. The van der Waals surface area contributed by atoms with Crippen LogP contribution in [-0.4, -0.2) is 39.9 Å². The molecule has 0 aromatic rings. The van der Waals surface area contributed by atoms with E-state index in [0.29, 0.717) is 25.0 Å². The number of aliphatic hydroxyl groups is 3. The Hall–Kier alpha value is -1.23. The van der Waals surface area contributed by atoms with E-state index in [0.717, 1.165) is 32.1 Å². The van der Waals surface area contributed by atoms with Crippen molar-refractivity contribution in [3.05, 3.63) is 36.5 Å². The van der Waals surface area contributed by atoms with Crippen LogP contribution < -0.4 is 0 Å². The molecule has 0 saturated heterocycles. The van der Waals surface area contributed by atoms with Gasteiger partial charge in [0.2, 0.25) is 0 Å².